The number of aromatic nitrogens is 3. The molecule has 8 nitrogen and oxygen atoms in total. The van der Waals surface area contributed by atoms with Crippen molar-refractivity contribution in [2.45, 2.75) is 25.8 Å². The summed E-state index contributed by atoms with van der Waals surface area (Å²) < 4.78 is 0. The summed E-state index contributed by atoms with van der Waals surface area (Å²) in [7, 11) is 0. The van der Waals surface area contributed by atoms with E-state index in [2.05, 4.69) is 37.4 Å². The Hall–Kier alpha value is -2.49. The number of H-pyrrole nitrogens is 1. The third kappa shape index (κ3) is 4.26. The molecule has 154 valence electrons. The summed E-state index contributed by atoms with van der Waals surface area (Å²) in [6.07, 6.45) is 3.68. The molecule has 1 unspecified atom stereocenters. The Morgan fingerprint density at radius 2 is 2.31 bits per heavy atom. The van der Waals surface area contributed by atoms with Gasteiger partial charge >= 0.3 is 0 Å². The topological polar surface area (TPSA) is 106 Å². The molecule has 1 aliphatic rings. The van der Waals surface area contributed by atoms with Crippen LogP contribution in [0.1, 0.15) is 30.1 Å². The number of fused-ring (bicyclic) bond motifs is 1. The van der Waals surface area contributed by atoms with Gasteiger partial charge in [0.1, 0.15) is 0 Å². The Bertz CT molecular complexity index is 978. The Kier molecular flexibility index (Phi) is 6.08. The number of carbonyl (C=O) groups is 1. The van der Waals surface area contributed by atoms with E-state index in [0.717, 1.165) is 42.4 Å². The normalized spacial score (nSPS) is 16.8. The fourth-order valence-electron chi connectivity index (χ4n) is 3.62. The molecule has 1 amide bonds. The predicted molar refractivity (Wildman–Crippen MR) is 116 cm³/mol. The number of rotatable bonds is 7. The number of amides is 1. The number of likely N-dealkylation sites (N-methyl/N-ethyl adjacent to an activating group) is 1. The molecular formula is C20H26N6O2S. The van der Waals surface area contributed by atoms with E-state index < -0.39 is 0 Å². The minimum Gasteiger partial charge on any atom is -0.395 e. The molecule has 4 rings (SSSR count). The van der Waals surface area contributed by atoms with Crippen molar-refractivity contribution in [1.29, 1.82) is 0 Å². The molecule has 4 heterocycles. The van der Waals surface area contributed by atoms with Gasteiger partial charge in [-0.3, -0.25) is 4.79 Å². The molecule has 0 saturated carbocycles. The number of aliphatic hydroxyl groups excluding tert-OH is 1. The van der Waals surface area contributed by atoms with Crippen molar-refractivity contribution in [1.82, 2.24) is 25.6 Å². The Balaban J connectivity index is 1.59. The zero-order valence-electron chi connectivity index (χ0n) is 16.4. The van der Waals surface area contributed by atoms with Crippen LogP contribution in [0.25, 0.3) is 21.9 Å². The van der Waals surface area contributed by atoms with E-state index in [0.29, 0.717) is 29.1 Å². The number of pyridine rings is 1. The van der Waals surface area contributed by atoms with E-state index in [-0.39, 0.29) is 18.6 Å². The zero-order chi connectivity index (χ0) is 20.2. The number of thiophene rings is 1. The number of aromatic amines is 1. The maximum Gasteiger partial charge on any atom is 0.253 e. The number of hydrogen-bond donors (Lipinski definition) is 4. The SMILES string of the molecule is CCN(CCO)c1ccc(-c2nc3nccc(C(=O)NC4CCCNC4)c3[nH]2)s1. The quantitative estimate of drug-likeness (QED) is 0.471. The van der Waals surface area contributed by atoms with Gasteiger partial charge in [-0.1, -0.05) is 0 Å². The van der Waals surface area contributed by atoms with Crippen LogP contribution in [0.5, 0.6) is 0 Å². The lowest BCUT2D eigenvalue weighted by atomic mass is 10.1. The average Bonchev–Trinajstić information content (AvgIpc) is 3.39. The standard InChI is InChI=1S/C20H26N6O2S/c1-2-26(10-11-27)16-6-5-15(29-16)18-24-17-14(7-9-22-19(17)25-18)20(28)23-13-4-3-8-21-12-13/h5-7,9,13,21,27H,2-4,8,10-12H2,1H3,(H,23,28)(H,22,24,25). The fourth-order valence-corrected chi connectivity index (χ4v) is 4.67. The number of nitrogens with one attached hydrogen (secondary N) is 3. The van der Waals surface area contributed by atoms with Gasteiger partial charge in [-0.15, -0.1) is 11.3 Å². The molecule has 29 heavy (non-hydrogen) atoms. The molecule has 1 fully saturated rings. The minimum atomic E-state index is -0.103. The molecule has 1 atom stereocenters. The molecule has 4 N–H and O–H groups in total. The summed E-state index contributed by atoms with van der Waals surface area (Å²) in [5.41, 5.74) is 1.75. The van der Waals surface area contributed by atoms with Crippen molar-refractivity contribution in [3.8, 4) is 10.7 Å². The molecule has 3 aromatic rings. The number of hydrogen-bond acceptors (Lipinski definition) is 7. The van der Waals surface area contributed by atoms with Gasteiger partial charge in [-0.2, -0.15) is 0 Å². The van der Waals surface area contributed by atoms with E-state index in [1.165, 1.54) is 0 Å². The number of imidazole rings is 1. The maximum absolute atomic E-state index is 12.8. The van der Waals surface area contributed by atoms with Crippen molar-refractivity contribution >= 4 is 33.4 Å². The molecule has 0 radical (unpaired) electrons. The summed E-state index contributed by atoms with van der Waals surface area (Å²) >= 11 is 1.60. The van der Waals surface area contributed by atoms with Crippen molar-refractivity contribution in [2.75, 3.05) is 37.7 Å². The van der Waals surface area contributed by atoms with E-state index in [1.54, 1.807) is 23.6 Å². The lowest BCUT2D eigenvalue weighted by Gasteiger charge is -2.23. The monoisotopic (exact) mass is 414 g/mol. The molecule has 1 saturated heterocycles. The van der Waals surface area contributed by atoms with Gasteiger partial charge in [-0.05, 0) is 44.5 Å². The second kappa shape index (κ2) is 8.89. The highest BCUT2D eigenvalue weighted by molar-refractivity contribution is 7.19. The fraction of sp³-hybridized carbons (Fsp3) is 0.450. The average molecular weight is 415 g/mol. The van der Waals surface area contributed by atoms with E-state index in [4.69, 9.17) is 0 Å². The lowest BCUT2D eigenvalue weighted by molar-refractivity contribution is 0.0932. The first-order valence-corrected chi connectivity index (χ1v) is 10.8. The second-order valence-corrected chi connectivity index (χ2v) is 8.16. The highest BCUT2D eigenvalue weighted by Crippen LogP contribution is 2.33. The Labute approximate surface area is 173 Å². The first kappa shape index (κ1) is 19.8. The van der Waals surface area contributed by atoms with E-state index in [9.17, 15) is 9.90 Å². The largest absolute Gasteiger partial charge is 0.395 e. The number of nitrogens with zero attached hydrogens (tertiary/aromatic N) is 3. The molecule has 0 bridgehead atoms. The van der Waals surface area contributed by atoms with Crippen LogP contribution < -0.4 is 15.5 Å². The van der Waals surface area contributed by atoms with Crippen LogP contribution in [0.15, 0.2) is 24.4 Å². The molecule has 0 spiro atoms. The van der Waals surface area contributed by atoms with Crippen molar-refractivity contribution in [3.63, 3.8) is 0 Å². The second-order valence-electron chi connectivity index (χ2n) is 7.10. The zero-order valence-corrected chi connectivity index (χ0v) is 17.3. The van der Waals surface area contributed by atoms with Crippen LogP contribution in [0.2, 0.25) is 0 Å². The van der Waals surface area contributed by atoms with Gasteiger partial charge in [0.05, 0.1) is 27.6 Å². The van der Waals surface area contributed by atoms with Gasteiger partial charge in [0, 0.05) is 31.9 Å². The minimum absolute atomic E-state index is 0.103. The highest BCUT2D eigenvalue weighted by atomic mass is 32.1. The molecule has 0 aromatic carbocycles. The van der Waals surface area contributed by atoms with Gasteiger partial charge in [0.15, 0.2) is 11.5 Å². The molecule has 1 aliphatic heterocycles. The third-order valence-corrected chi connectivity index (χ3v) is 6.31. The summed E-state index contributed by atoms with van der Waals surface area (Å²) in [5.74, 6) is 0.594. The molecule has 9 heteroatoms. The summed E-state index contributed by atoms with van der Waals surface area (Å²) in [4.78, 5) is 28.1. The smallest absolute Gasteiger partial charge is 0.253 e. The van der Waals surface area contributed by atoms with Gasteiger partial charge < -0.3 is 25.6 Å². The van der Waals surface area contributed by atoms with Crippen molar-refractivity contribution in [2.24, 2.45) is 0 Å². The van der Waals surface area contributed by atoms with Gasteiger partial charge in [0.2, 0.25) is 0 Å². The van der Waals surface area contributed by atoms with E-state index >= 15 is 0 Å². The van der Waals surface area contributed by atoms with Gasteiger partial charge in [0.25, 0.3) is 5.91 Å². The number of aliphatic hydroxyl groups is 1. The maximum atomic E-state index is 12.8. The van der Waals surface area contributed by atoms with Crippen LogP contribution in [0, 0.1) is 0 Å². The summed E-state index contributed by atoms with van der Waals surface area (Å²) in [5, 5.41) is 16.7. The van der Waals surface area contributed by atoms with E-state index in [1.807, 2.05) is 12.1 Å². The van der Waals surface area contributed by atoms with Crippen LogP contribution >= 0.6 is 11.3 Å². The predicted octanol–water partition coefficient (Wildman–Crippen LogP) is 1.99. The van der Waals surface area contributed by atoms with Crippen LogP contribution in [0.3, 0.4) is 0 Å². The van der Waals surface area contributed by atoms with Crippen molar-refractivity contribution < 1.29 is 9.90 Å². The Morgan fingerprint density at radius 1 is 1.41 bits per heavy atom. The third-order valence-electron chi connectivity index (χ3n) is 5.16. The summed E-state index contributed by atoms with van der Waals surface area (Å²) in [6.45, 7) is 5.40. The highest BCUT2D eigenvalue weighted by Gasteiger charge is 2.20. The lowest BCUT2D eigenvalue weighted by Crippen LogP contribution is -2.45. The number of anilines is 1. The van der Waals surface area contributed by atoms with Gasteiger partial charge in [-0.25, -0.2) is 9.97 Å². The molecule has 0 aliphatic carbocycles. The molecule has 3 aromatic heterocycles. The van der Waals surface area contributed by atoms with Crippen molar-refractivity contribution in [3.05, 3.63) is 30.0 Å². The number of carbonyl (C=O) groups excluding carboxylic acids is 1. The summed E-state index contributed by atoms with van der Waals surface area (Å²) in [6, 6.07) is 5.91. The van der Waals surface area contributed by atoms with Crippen LogP contribution in [0.4, 0.5) is 5.00 Å². The Morgan fingerprint density at radius 3 is 3.07 bits per heavy atom. The first-order chi connectivity index (χ1) is 14.2. The molecular weight excluding hydrogens is 388 g/mol. The van der Waals surface area contributed by atoms with Crippen LogP contribution in [-0.2, 0) is 0 Å². The first-order valence-electron chi connectivity index (χ1n) is 10.0. The number of piperidine rings is 1. The van der Waals surface area contributed by atoms with Crippen LogP contribution in [-0.4, -0.2) is 64.8 Å².